The van der Waals surface area contributed by atoms with Crippen molar-refractivity contribution in [2.24, 2.45) is 11.8 Å². The van der Waals surface area contributed by atoms with E-state index < -0.39 is 5.97 Å². The Bertz CT molecular complexity index is 353. The van der Waals surface area contributed by atoms with Gasteiger partial charge in [-0.25, -0.2) is 4.79 Å². The van der Waals surface area contributed by atoms with Crippen LogP contribution in [0, 0.1) is 11.8 Å². The highest BCUT2D eigenvalue weighted by Gasteiger charge is 2.29. The minimum absolute atomic E-state index is 0.105. The van der Waals surface area contributed by atoms with Crippen molar-refractivity contribution in [3.8, 4) is 0 Å². The van der Waals surface area contributed by atoms with Gasteiger partial charge < -0.3 is 15.3 Å². The number of nitrogens with zero attached hydrogens (tertiary/aromatic N) is 1. The van der Waals surface area contributed by atoms with Crippen molar-refractivity contribution >= 4 is 12.0 Å². The molecule has 0 aliphatic heterocycles. The molecule has 0 heterocycles. The van der Waals surface area contributed by atoms with Crippen LogP contribution < -0.4 is 5.32 Å². The topological polar surface area (TPSA) is 69.6 Å². The molecule has 114 valence electrons. The van der Waals surface area contributed by atoms with Gasteiger partial charge in [-0.3, -0.25) is 4.79 Å². The second kappa shape index (κ2) is 6.95. The number of hydrogen-bond acceptors (Lipinski definition) is 2. The van der Waals surface area contributed by atoms with Gasteiger partial charge in [-0.2, -0.15) is 0 Å². The van der Waals surface area contributed by atoms with Crippen LogP contribution in [0.4, 0.5) is 4.79 Å². The predicted molar refractivity (Wildman–Crippen MR) is 76.5 cm³/mol. The van der Waals surface area contributed by atoms with E-state index in [0.29, 0.717) is 12.5 Å². The van der Waals surface area contributed by atoms with Crippen molar-refractivity contribution in [3.63, 3.8) is 0 Å². The highest BCUT2D eigenvalue weighted by Crippen LogP contribution is 2.29. The van der Waals surface area contributed by atoms with Crippen LogP contribution in [0.15, 0.2) is 0 Å². The highest BCUT2D eigenvalue weighted by atomic mass is 16.4. The van der Waals surface area contributed by atoms with E-state index in [-0.39, 0.29) is 18.6 Å². The molecule has 2 amide bonds. The fraction of sp³-hybridized carbons (Fsp3) is 0.867. The third kappa shape index (κ3) is 4.12. The van der Waals surface area contributed by atoms with Crippen molar-refractivity contribution in [2.75, 3.05) is 13.1 Å². The lowest BCUT2D eigenvalue weighted by Crippen LogP contribution is -2.48. The van der Waals surface area contributed by atoms with Gasteiger partial charge in [0.2, 0.25) is 0 Å². The van der Waals surface area contributed by atoms with Crippen molar-refractivity contribution in [2.45, 2.75) is 57.9 Å². The summed E-state index contributed by atoms with van der Waals surface area (Å²) >= 11 is 0. The van der Waals surface area contributed by atoms with E-state index in [1.807, 2.05) is 0 Å². The van der Waals surface area contributed by atoms with E-state index in [1.54, 1.807) is 0 Å². The molecule has 2 rings (SSSR count). The monoisotopic (exact) mass is 282 g/mol. The molecule has 2 N–H and O–H groups in total. The first-order chi connectivity index (χ1) is 9.56. The van der Waals surface area contributed by atoms with Crippen molar-refractivity contribution in [1.29, 1.82) is 0 Å². The molecule has 0 spiro atoms. The van der Waals surface area contributed by atoms with Gasteiger partial charge in [0.1, 0.15) is 6.54 Å². The molecule has 0 radical (unpaired) electrons. The number of urea groups is 1. The average molecular weight is 282 g/mol. The molecule has 5 nitrogen and oxygen atoms in total. The molecule has 0 aromatic rings. The van der Waals surface area contributed by atoms with Crippen LogP contribution in [0.1, 0.15) is 51.9 Å². The summed E-state index contributed by atoms with van der Waals surface area (Å²) in [4.78, 5) is 24.7. The lowest BCUT2D eigenvalue weighted by Gasteiger charge is -2.28. The van der Waals surface area contributed by atoms with Gasteiger partial charge in [-0.1, -0.05) is 26.2 Å². The van der Waals surface area contributed by atoms with E-state index in [4.69, 9.17) is 5.11 Å². The van der Waals surface area contributed by atoms with E-state index in [1.165, 1.54) is 24.2 Å². The van der Waals surface area contributed by atoms with Crippen molar-refractivity contribution in [3.05, 3.63) is 0 Å². The first kappa shape index (κ1) is 15.1. The standard InChI is InChI=1S/C15H26N2O3/c1-11-6-7-12(8-11)9-16-15(20)17(10-14(18)19)13-4-2-3-5-13/h11-13H,2-10H2,1H3,(H,16,20)(H,18,19). The van der Waals surface area contributed by atoms with Crippen LogP contribution >= 0.6 is 0 Å². The molecular formula is C15H26N2O3. The molecule has 0 aromatic carbocycles. The van der Waals surface area contributed by atoms with E-state index in [9.17, 15) is 9.59 Å². The number of rotatable bonds is 5. The molecule has 0 bridgehead atoms. The number of aliphatic carboxylic acids is 1. The Morgan fingerprint density at radius 3 is 2.45 bits per heavy atom. The molecule has 0 saturated heterocycles. The van der Waals surface area contributed by atoms with Crippen LogP contribution in [-0.2, 0) is 4.79 Å². The number of carboxylic acids is 1. The molecule has 2 atom stereocenters. The number of carbonyl (C=O) groups is 2. The van der Waals surface area contributed by atoms with Gasteiger partial charge in [0, 0.05) is 12.6 Å². The summed E-state index contributed by atoms with van der Waals surface area (Å²) < 4.78 is 0. The number of hydrogen-bond donors (Lipinski definition) is 2. The largest absolute Gasteiger partial charge is 0.480 e. The van der Waals surface area contributed by atoms with E-state index >= 15 is 0 Å². The maximum absolute atomic E-state index is 12.3. The van der Waals surface area contributed by atoms with Crippen molar-refractivity contribution in [1.82, 2.24) is 10.2 Å². The Morgan fingerprint density at radius 1 is 1.20 bits per heavy atom. The molecule has 2 fully saturated rings. The fourth-order valence-electron chi connectivity index (χ4n) is 3.57. The third-order valence-corrected chi connectivity index (χ3v) is 4.68. The summed E-state index contributed by atoms with van der Waals surface area (Å²) in [5, 5.41) is 11.9. The second-order valence-corrected chi connectivity index (χ2v) is 6.43. The minimum Gasteiger partial charge on any atom is -0.480 e. The van der Waals surface area contributed by atoms with Gasteiger partial charge in [0.25, 0.3) is 0 Å². The summed E-state index contributed by atoms with van der Waals surface area (Å²) in [7, 11) is 0. The molecular weight excluding hydrogens is 256 g/mol. The fourth-order valence-corrected chi connectivity index (χ4v) is 3.57. The van der Waals surface area contributed by atoms with E-state index in [2.05, 4.69) is 12.2 Å². The zero-order chi connectivity index (χ0) is 14.5. The first-order valence-corrected chi connectivity index (χ1v) is 7.82. The number of amides is 2. The molecule has 0 aromatic heterocycles. The summed E-state index contributed by atoms with van der Waals surface area (Å²) in [6.07, 6.45) is 7.62. The summed E-state index contributed by atoms with van der Waals surface area (Å²) in [5.41, 5.74) is 0. The van der Waals surface area contributed by atoms with Gasteiger partial charge >= 0.3 is 12.0 Å². The van der Waals surface area contributed by atoms with Crippen LogP contribution in [0.2, 0.25) is 0 Å². The maximum Gasteiger partial charge on any atom is 0.323 e. The van der Waals surface area contributed by atoms with Gasteiger partial charge in [0.05, 0.1) is 0 Å². The SMILES string of the molecule is CC1CCC(CNC(=O)N(CC(=O)O)C2CCCC2)C1. The second-order valence-electron chi connectivity index (χ2n) is 6.43. The zero-order valence-corrected chi connectivity index (χ0v) is 12.3. The highest BCUT2D eigenvalue weighted by molar-refractivity contribution is 5.80. The lowest BCUT2D eigenvalue weighted by atomic mass is 10.1. The molecule has 2 saturated carbocycles. The Balaban J connectivity index is 1.83. The molecule has 5 heteroatoms. The Morgan fingerprint density at radius 2 is 1.90 bits per heavy atom. The van der Waals surface area contributed by atoms with Crippen LogP contribution in [0.3, 0.4) is 0 Å². The quantitative estimate of drug-likeness (QED) is 0.813. The Hall–Kier alpha value is -1.26. The molecule has 2 unspecified atom stereocenters. The number of carbonyl (C=O) groups excluding carboxylic acids is 1. The number of carboxylic acid groups (broad SMARTS) is 1. The molecule has 2 aliphatic rings. The Labute approximate surface area is 120 Å². The lowest BCUT2D eigenvalue weighted by molar-refractivity contribution is -0.138. The number of nitrogens with one attached hydrogen (secondary N) is 1. The van der Waals surface area contributed by atoms with Gasteiger partial charge in [0.15, 0.2) is 0 Å². The smallest absolute Gasteiger partial charge is 0.323 e. The summed E-state index contributed by atoms with van der Waals surface area (Å²) in [6, 6.07) is -0.0903. The van der Waals surface area contributed by atoms with Crippen LogP contribution in [0.5, 0.6) is 0 Å². The minimum atomic E-state index is -0.929. The summed E-state index contributed by atoms with van der Waals surface area (Å²) in [6.45, 7) is 2.75. The van der Waals surface area contributed by atoms with E-state index in [0.717, 1.165) is 31.6 Å². The van der Waals surface area contributed by atoms with Crippen LogP contribution in [-0.4, -0.2) is 41.1 Å². The normalized spacial score (nSPS) is 26.6. The van der Waals surface area contributed by atoms with Gasteiger partial charge in [-0.05, 0) is 37.5 Å². The van der Waals surface area contributed by atoms with Crippen molar-refractivity contribution < 1.29 is 14.7 Å². The van der Waals surface area contributed by atoms with Crippen LogP contribution in [0.25, 0.3) is 0 Å². The average Bonchev–Trinajstić information content (AvgIpc) is 3.04. The summed E-state index contributed by atoms with van der Waals surface area (Å²) in [5.74, 6) is 0.382. The first-order valence-electron chi connectivity index (χ1n) is 7.82. The van der Waals surface area contributed by atoms with Gasteiger partial charge in [-0.15, -0.1) is 0 Å². The zero-order valence-electron chi connectivity index (χ0n) is 12.3. The molecule has 20 heavy (non-hydrogen) atoms. The Kier molecular flexibility index (Phi) is 5.26. The maximum atomic E-state index is 12.3. The molecule has 2 aliphatic carbocycles. The predicted octanol–water partition coefficient (Wildman–Crippen LogP) is 2.46. The third-order valence-electron chi connectivity index (χ3n) is 4.68.